The zero-order chi connectivity index (χ0) is 22.8. The molecule has 4 N–H and O–H groups in total. The van der Waals surface area contributed by atoms with E-state index in [2.05, 4.69) is 20.3 Å². The Morgan fingerprint density at radius 2 is 2.00 bits per heavy atom. The number of hydrogen-bond donors (Lipinski definition) is 3. The van der Waals surface area contributed by atoms with Gasteiger partial charge in [0.05, 0.1) is 22.4 Å². The highest BCUT2D eigenvalue weighted by molar-refractivity contribution is 7.21. The molecule has 5 rings (SSSR count). The van der Waals surface area contributed by atoms with Crippen molar-refractivity contribution >= 4 is 44.9 Å². The molecule has 1 saturated heterocycles. The molecule has 8 nitrogen and oxygen atoms in total. The number of nitrogens with one attached hydrogen (secondary N) is 1. The van der Waals surface area contributed by atoms with Crippen LogP contribution in [0.1, 0.15) is 20.3 Å². The second-order valence-corrected chi connectivity index (χ2v) is 9.73. The van der Waals surface area contributed by atoms with E-state index in [-0.39, 0.29) is 53.2 Å². The lowest BCUT2D eigenvalue weighted by molar-refractivity contribution is -0.158. The van der Waals surface area contributed by atoms with Gasteiger partial charge in [-0.3, -0.25) is 0 Å². The quantitative estimate of drug-likeness (QED) is 0.482. The normalized spacial score (nSPS) is 26.6. The molecule has 4 atom stereocenters. The molecule has 0 amide bonds. The first-order valence-corrected chi connectivity index (χ1v) is 11.2. The van der Waals surface area contributed by atoms with E-state index in [4.69, 9.17) is 26.8 Å². The number of nitrogen functional groups attached to an aromatic ring is 1. The summed E-state index contributed by atoms with van der Waals surface area (Å²) in [5.74, 6) is -2.15. The maximum atomic E-state index is 14.2. The van der Waals surface area contributed by atoms with Crippen LogP contribution in [0.15, 0.2) is 12.1 Å². The Balaban J connectivity index is 1.55. The van der Waals surface area contributed by atoms with Crippen LogP contribution in [0.5, 0.6) is 0 Å². The van der Waals surface area contributed by atoms with Gasteiger partial charge in [0, 0.05) is 18.6 Å². The van der Waals surface area contributed by atoms with Gasteiger partial charge in [0.2, 0.25) is 5.95 Å². The minimum absolute atomic E-state index is 0.0251. The number of aromatic nitrogens is 3. The van der Waals surface area contributed by atoms with Crippen molar-refractivity contribution in [3.63, 3.8) is 0 Å². The molecular formula is C20H20ClF2N5O3S. The third-order valence-corrected chi connectivity index (χ3v) is 6.94. The summed E-state index contributed by atoms with van der Waals surface area (Å²) in [7, 11) is 0. The molecule has 0 radical (unpaired) electrons. The lowest BCUT2D eigenvalue weighted by atomic mass is 10.1. The van der Waals surface area contributed by atoms with Gasteiger partial charge in [-0.15, -0.1) is 11.3 Å². The van der Waals surface area contributed by atoms with Crippen LogP contribution < -0.4 is 11.1 Å². The number of rotatable bonds is 4. The number of halogens is 3. The van der Waals surface area contributed by atoms with Crippen LogP contribution in [0.4, 0.5) is 20.5 Å². The largest absolute Gasteiger partial charge is 0.396 e. The number of hydrogen-bond acceptors (Lipinski definition) is 9. The summed E-state index contributed by atoms with van der Waals surface area (Å²) < 4.78 is 40.3. The summed E-state index contributed by atoms with van der Waals surface area (Å²) in [6.07, 6.45) is -0.0697. The van der Waals surface area contributed by atoms with E-state index in [0.29, 0.717) is 21.7 Å². The summed E-state index contributed by atoms with van der Waals surface area (Å²) in [6, 6.07) is 1.71. The Labute approximate surface area is 190 Å². The van der Waals surface area contributed by atoms with Crippen molar-refractivity contribution in [2.75, 3.05) is 17.7 Å². The summed E-state index contributed by atoms with van der Waals surface area (Å²) in [5, 5.41) is 13.5. The average molecular weight is 484 g/mol. The fourth-order valence-corrected chi connectivity index (χ4v) is 5.76. The topological polar surface area (TPSA) is 115 Å². The van der Waals surface area contributed by atoms with Gasteiger partial charge in [-0.25, -0.2) is 18.7 Å². The highest BCUT2D eigenvalue weighted by Gasteiger charge is 2.54. The molecular weight excluding hydrogens is 464 g/mol. The SMILES string of the molecule is CC1(C)O[C@@H]2[C@@H](CO)C[C@@H](Nc3nc(N)nc(Cl)c3-c3nc4c(F)cc(F)cc4s3)[C@@H]2O1. The fraction of sp³-hybridized carbons (Fsp3) is 0.450. The maximum absolute atomic E-state index is 14.2. The van der Waals surface area contributed by atoms with E-state index in [0.717, 1.165) is 17.4 Å². The predicted molar refractivity (Wildman–Crippen MR) is 116 cm³/mol. The number of thiazole rings is 1. The Kier molecular flexibility index (Phi) is 5.21. The predicted octanol–water partition coefficient (Wildman–Crippen LogP) is 3.58. The fourth-order valence-electron chi connectivity index (χ4n) is 4.39. The minimum atomic E-state index is -0.789. The Morgan fingerprint density at radius 1 is 1.25 bits per heavy atom. The van der Waals surface area contributed by atoms with Gasteiger partial charge in [0.15, 0.2) is 11.6 Å². The van der Waals surface area contributed by atoms with Crippen molar-refractivity contribution in [1.29, 1.82) is 0 Å². The number of aliphatic hydroxyl groups is 1. The number of fused-ring (bicyclic) bond motifs is 2. The zero-order valence-electron chi connectivity index (χ0n) is 17.1. The Bertz CT molecular complexity index is 1210. The summed E-state index contributed by atoms with van der Waals surface area (Å²) in [6.45, 7) is 3.58. The molecule has 2 aliphatic rings. The Hall–Kier alpha value is -2.18. The van der Waals surface area contributed by atoms with Crippen molar-refractivity contribution in [1.82, 2.24) is 15.0 Å². The number of anilines is 2. The summed E-state index contributed by atoms with van der Waals surface area (Å²) >= 11 is 7.46. The number of ether oxygens (including phenoxy) is 2. The third kappa shape index (κ3) is 3.67. The Morgan fingerprint density at radius 3 is 2.75 bits per heavy atom. The van der Waals surface area contributed by atoms with Gasteiger partial charge < -0.3 is 25.6 Å². The molecule has 170 valence electrons. The molecule has 0 unspecified atom stereocenters. The van der Waals surface area contributed by atoms with Crippen LogP contribution in [0.3, 0.4) is 0 Å². The van der Waals surface area contributed by atoms with Crippen LogP contribution in [-0.4, -0.2) is 50.7 Å². The van der Waals surface area contributed by atoms with E-state index in [1.165, 1.54) is 6.07 Å². The van der Waals surface area contributed by atoms with Crippen molar-refractivity contribution in [2.45, 2.75) is 44.3 Å². The molecule has 0 bridgehead atoms. The molecule has 2 fully saturated rings. The number of benzene rings is 1. The highest BCUT2D eigenvalue weighted by atomic mass is 35.5. The van der Waals surface area contributed by atoms with E-state index >= 15 is 0 Å². The van der Waals surface area contributed by atoms with Crippen molar-refractivity contribution in [2.24, 2.45) is 5.92 Å². The van der Waals surface area contributed by atoms with Crippen LogP contribution in [0, 0.1) is 17.6 Å². The summed E-state index contributed by atoms with van der Waals surface area (Å²) in [5.41, 5.74) is 6.19. The number of nitrogens with zero attached hydrogens (tertiary/aromatic N) is 3. The van der Waals surface area contributed by atoms with Crippen molar-refractivity contribution in [3.8, 4) is 10.6 Å². The van der Waals surface area contributed by atoms with Gasteiger partial charge in [-0.1, -0.05) is 11.6 Å². The first-order chi connectivity index (χ1) is 15.1. The number of nitrogens with two attached hydrogens (primary N) is 1. The van der Waals surface area contributed by atoms with E-state index in [1.807, 2.05) is 13.8 Å². The van der Waals surface area contributed by atoms with Gasteiger partial charge in [-0.2, -0.15) is 4.98 Å². The molecule has 1 saturated carbocycles. The van der Waals surface area contributed by atoms with Gasteiger partial charge in [0.25, 0.3) is 0 Å². The van der Waals surface area contributed by atoms with Crippen LogP contribution in [-0.2, 0) is 9.47 Å². The van der Waals surface area contributed by atoms with Gasteiger partial charge in [0.1, 0.15) is 33.4 Å². The maximum Gasteiger partial charge on any atom is 0.223 e. The van der Waals surface area contributed by atoms with Crippen LogP contribution >= 0.6 is 22.9 Å². The highest BCUT2D eigenvalue weighted by Crippen LogP contribution is 2.44. The van der Waals surface area contributed by atoms with Gasteiger partial charge in [-0.05, 0) is 26.3 Å². The second-order valence-electron chi connectivity index (χ2n) is 8.34. The summed E-state index contributed by atoms with van der Waals surface area (Å²) in [4.78, 5) is 12.6. The van der Waals surface area contributed by atoms with E-state index in [9.17, 15) is 13.9 Å². The molecule has 3 aromatic rings. The van der Waals surface area contributed by atoms with Crippen molar-refractivity contribution in [3.05, 3.63) is 28.9 Å². The molecule has 3 heterocycles. The molecule has 1 aliphatic carbocycles. The first-order valence-electron chi connectivity index (χ1n) is 9.97. The number of aliphatic hydroxyl groups excluding tert-OH is 1. The zero-order valence-corrected chi connectivity index (χ0v) is 18.7. The van der Waals surface area contributed by atoms with Gasteiger partial charge >= 0.3 is 0 Å². The van der Waals surface area contributed by atoms with Crippen LogP contribution in [0.2, 0.25) is 5.15 Å². The average Bonchev–Trinajstić information content (AvgIpc) is 3.33. The minimum Gasteiger partial charge on any atom is -0.396 e. The molecule has 0 spiro atoms. The van der Waals surface area contributed by atoms with E-state index in [1.54, 1.807) is 0 Å². The lowest BCUT2D eigenvalue weighted by Gasteiger charge is -2.24. The molecule has 1 aromatic carbocycles. The second kappa shape index (κ2) is 7.70. The first kappa shape index (κ1) is 21.7. The molecule has 1 aliphatic heterocycles. The molecule has 2 aromatic heterocycles. The van der Waals surface area contributed by atoms with E-state index < -0.39 is 17.4 Å². The molecule has 12 heteroatoms. The van der Waals surface area contributed by atoms with Crippen molar-refractivity contribution < 1.29 is 23.4 Å². The molecule has 32 heavy (non-hydrogen) atoms. The monoisotopic (exact) mass is 483 g/mol. The smallest absolute Gasteiger partial charge is 0.223 e. The third-order valence-electron chi connectivity index (χ3n) is 5.65. The lowest BCUT2D eigenvalue weighted by Crippen LogP contribution is -2.35. The standard InChI is InChI=1S/C20H20ClF2N5O3S/c1-20(2)30-14-7(6-29)3-10(15(14)31-20)25-17-12(16(21)27-19(24)28-17)18-26-13-9(23)4-8(22)5-11(13)32-18/h4-5,7,10,14-15,29H,3,6H2,1-2H3,(H3,24,25,27,28)/t7-,10-,14-,15+/m1/s1. The van der Waals surface area contributed by atoms with Crippen LogP contribution in [0.25, 0.3) is 20.8 Å².